The van der Waals surface area contributed by atoms with Crippen molar-refractivity contribution in [1.82, 2.24) is 5.32 Å². The van der Waals surface area contributed by atoms with E-state index < -0.39 is 4.92 Å². The Morgan fingerprint density at radius 3 is 2.67 bits per heavy atom. The summed E-state index contributed by atoms with van der Waals surface area (Å²) in [6.07, 6.45) is 3.76. The van der Waals surface area contributed by atoms with E-state index in [2.05, 4.69) is 26.1 Å². The summed E-state index contributed by atoms with van der Waals surface area (Å²) < 4.78 is 0. The van der Waals surface area contributed by atoms with Crippen LogP contribution in [0, 0.1) is 10.1 Å². The molecule has 0 amide bonds. The van der Waals surface area contributed by atoms with Crippen LogP contribution < -0.4 is 5.32 Å². The molecule has 0 spiro atoms. The molecule has 0 aliphatic heterocycles. The van der Waals surface area contributed by atoms with Crippen molar-refractivity contribution in [3.05, 3.63) is 45.0 Å². The van der Waals surface area contributed by atoms with E-state index in [1.54, 1.807) is 6.07 Å². The minimum Gasteiger partial charge on any atom is -0.309 e. The van der Waals surface area contributed by atoms with Gasteiger partial charge in [0.1, 0.15) is 5.02 Å². The predicted octanol–water partition coefficient (Wildman–Crippen LogP) is 3.65. The first-order valence-electron chi connectivity index (χ1n) is 5.65. The van der Waals surface area contributed by atoms with Crippen molar-refractivity contribution in [3.8, 4) is 0 Å². The Hall–Kier alpha value is -1.39. The SMILES string of the molecule is CC(C)(C)NCC=Cc1ccc(Cl)c([N+](=O)[O-])c1. The summed E-state index contributed by atoms with van der Waals surface area (Å²) in [4.78, 5) is 10.2. The molecule has 0 aromatic heterocycles. The van der Waals surface area contributed by atoms with Crippen molar-refractivity contribution in [3.63, 3.8) is 0 Å². The summed E-state index contributed by atoms with van der Waals surface area (Å²) in [6.45, 7) is 6.94. The second-order valence-electron chi connectivity index (χ2n) is 5.00. The van der Waals surface area contributed by atoms with Crippen LogP contribution in [0.3, 0.4) is 0 Å². The van der Waals surface area contributed by atoms with Crippen LogP contribution >= 0.6 is 11.6 Å². The molecular formula is C13H17ClN2O2. The highest BCUT2D eigenvalue weighted by atomic mass is 35.5. The van der Waals surface area contributed by atoms with Gasteiger partial charge in [-0.15, -0.1) is 0 Å². The maximum absolute atomic E-state index is 10.7. The van der Waals surface area contributed by atoms with Crippen LogP contribution in [0.2, 0.25) is 5.02 Å². The van der Waals surface area contributed by atoms with E-state index in [9.17, 15) is 10.1 Å². The number of hydrogen-bond donors (Lipinski definition) is 1. The van der Waals surface area contributed by atoms with Crippen molar-refractivity contribution in [2.45, 2.75) is 26.3 Å². The quantitative estimate of drug-likeness (QED) is 0.670. The molecule has 0 aliphatic rings. The van der Waals surface area contributed by atoms with Crippen molar-refractivity contribution in [2.75, 3.05) is 6.54 Å². The molecule has 4 nitrogen and oxygen atoms in total. The van der Waals surface area contributed by atoms with Crippen LogP contribution in [0.1, 0.15) is 26.3 Å². The molecule has 1 rings (SSSR count). The number of rotatable bonds is 4. The number of benzene rings is 1. The highest BCUT2D eigenvalue weighted by Gasteiger charge is 2.11. The van der Waals surface area contributed by atoms with E-state index in [4.69, 9.17) is 11.6 Å². The molecule has 0 aliphatic carbocycles. The maximum Gasteiger partial charge on any atom is 0.288 e. The summed E-state index contributed by atoms with van der Waals surface area (Å²) in [7, 11) is 0. The summed E-state index contributed by atoms with van der Waals surface area (Å²) in [6, 6.07) is 4.76. The Labute approximate surface area is 112 Å². The number of nitrogens with zero attached hydrogens (tertiary/aromatic N) is 1. The highest BCUT2D eigenvalue weighted by molar-refractivity contribution is 6.32. The lowest BCUT2D eigenvalue weighted by Crippen LogP contribution is -2.35. The highest BCUT2D eigenvalue weighted by Crippen LogP contribution is 2.25. The van der Waals surface area contributed by atoms with Crippen LogP contribution in [0.25, 0.3) is 6.08 Å². The van der Waals surface area contributed by atoms with E-state index in [1.807, 2.05) is 12.2 Å². The fraction of sp³-hybridized carbons (Fsp3) is 0.385. The number of halogens is 1. The first-order valence-corrected chi connectivity index (χ1v) is 6.03. The van der Waals surface area contributed by atoms with Gasteiger partial charge in [0.25, 0.3) is 5.69 Å². The van der Waals surface area contributed by atoms with Crippen LogP contribution in [0.15, 0.2) is 24.3 Å². The molecule has 1 aromatic carbocycles. The molecule has 0 fully saturated rings. The number of nitro benzene ring substituents is 1. The second-order valence-corrected chi connectivity index (χ2v) is 5.41. The molecular weight excluding hydrogens is 252 g/mol. The minimum absolute atomic E-state index is 0.0519. The first-order chi connectivity index (χ1) is 8.29. The Bertz CT molecular complexity index is 465. The van der Waals surface area contributed by atoms with Crippen LogP contribution in [-0.2, 0) is 0 Å². The van der Waals surface area contributed by atoms with E-state index >= 15 is 0 Å². The molecule has 0 saturated heterocycles. The van der Waals surface area contributed by atoms with Crippen molar-refractivity contribution in [1.29, 1.82) is 0 Å². The molecule has 0 heterocycles. The van der Waals surface area contributed by atoms with Gasteiger partial charge in [0.05, 0.1) is 4.92 Å². The van der Waals surface area contributed by atoms with Gasteiger partial charge in [-0.3, -0.25) is 10.1 Å². The molecule has 0 saturated carbocycles. The zero-order valence-electron chi connectivity index (χ0n) is 10.7. The average Bonchev–Trinajstić information content (AvgIpc) is 2.24. The lowest BCUT2D eigenvalue weighted by Gasteiger charge is -2.18. The van der Waals surface area contributed by atoms with E-state index in [1.165, 1.54) is 12.1 Å². The Kier molecular flexibility index (Phi) is 4.87. The van der Waals surface area contributed by atoms with E-state index in [0.29, 0.717) is 6.54 Å². The van der Waals surface area contributed by atoms with Gasteiger partial charge in [0, 0.05) is 18.2 Å². The molecule has 0 bridgehead atoms. The van der Waals surface area contributed by atoms with Crippen LogP contribution in [0.4, 0.5) is 5.69 Å². The fourth-order valence-corrected chi connectivity index (χ4v) is 1.52. The zero-order chi connectivity index (χ0) is 13.8. The lowest BCUT2D eigenvalue weighted by atomic mass is 10.1. The van der Waals surface area contributed by atoms with Crippen LogP contribution in [-0.4, -0.2) is 17.0 Å². The van der Waals surface area contributed by atoms with Crippen molar-refractivity contribution in [2.24, 2.45) is 0 Å². The minimum atomic E-state index is -0.479. The van der Waals surface area contributed by atoms with Gasteiger partial charge in [0.15, 0.2) is 0 Å². The molecule has 98 valence electrons. The van der Waals surface area contributed by atoms with Gasteiger partial charge in [-0.1, -0.05) is 29.8 Å². The topological polar surface area (TPSA) is 55.2 Å². The third-order valence-electron chi connectivity index (χ3n) is 2.23. The second kappa shape index (κ2) is 5.98. The number of hydrogen-bond acceptors (Lipinski definition) is 3. The van der Waals surface area contributed by atoms with Gasteiger partial charge in [-0.05, 0) is 32.4 Å². The maximum atomic E-state index is 10.7. The van der Waals surface area contributed by atoms with Gasteiger partial charge in [0.2, 0.25) is 0 Å². The summed E-state index contributed by atoms with van der Waals surface area (Å²) in [5, 5.41) is 14.2. The molecule has 1 aromatic rings. The van der Waals surface area contributed by atoms with Gasteiger partial charge in [-0.25, -0.2) is 0 Å². The third kappa shape index (κ3) is 4.85. The monoisotopic (exact) mass is 268 g/mol. The van der Waals surface area contributed by atoms with Gasteiger partial charge < -0.3 is 5.32 Å². The predicted molar refractivity (Wildman–Crippen MR) is 74.9 cm³/mol. The Morgan fingerprint density at radius 2 is 2.11 bits per heavy atom. The first kappa shape index (κ1) is 14.7. The lowest BCUT2D eigenvalue weighted by molar-refractivity contribution is -0.384. The Balaban J connectivity index is 2.71. The van der Waals surface area contributed by atoms with E-state index in [0.717, 1.165) is 5.56 Å². The molecule has 0 atom stereocenters. The number of nitro groups is 1. The standard InChI is InChI=1S/C13H17ClN2O2/c1-13(2,3)15-8-4-5-10-6-7-11(14)12(9-10)16(17)18/h4-7,9,15H,8H2,1-3H3. The zero-order valence-corrected chi connectivity index (χ0v) is 11.5. The summed E-state index contributed by atoms with van der Waals surface area (Å²) in [5.41, 5.74) is 0.750. The smallest absolute Gasteiger partial charge is 0.288 e. The average molecular weight is 269 g/mol. The number of nitrogens with one attached hydrogen (secondary N) is 1. The summed E-state index contributed by atoms with van der Waals surface area (Å²) >= 11 is 5.73. The fourth-order valence-electron chi connectivity index (χ4n) is 1.33. The van der Waals surface area contributed by atoms with Crippen molar-refractivity contribution >= 4 is 23.4 Å². The molecule has 1 N–H and O–H groups in total. The van der Waals surface area contributed by atoms with Crippen LogP contribution in [0.5, 0.6) is 0 Å². The van der Waals surface area contributed by atoms with Gasteiger partial charge >= 0.3 is 0 Å². The van der Waals surface area contributed by atoms with Crippen molar-refractivity contribution < 1.29 is 4.92 Å². The molecule has 0 unspecified atom stereocenters. The van der Waals surface area contributed by atoms with E-state index in [-0.39, 0.29) is 16.2 Å². The molecule has 0 radical (unpaired) electrons. The Morgan fingerprint density at radius 1 is 1.44 bits per heavy atom. The summed E-state index contributed by atoms with van der Waals surface area (Å²) in [5.74, 6) is 0. The largest absolute Gasteiger partial charge is 0.309 e. The molecule has 18 heavy (non-hydrogen) atoms. The third-order valence-corrected chi connectivity index (χ3v) is 2.55. The molecule has 5 heteroatoms. The normalized spacial score (nSPS) is 12.0. The van der Waals surface area contributed by atoms with Gasteiger partial charge in [-0.2, -0.15) is 0 Å².